The van der Waals surface area contributed by atoms with Crippen molar-refractivity contribution < 1.29 is 14.3 Å². The van der Waals surface area contributed by atoms with Crippen molar-refractivity contribution in [3.05, 3.63) is 6.33 Å². The molecule has 1 aromatic rings. The van der Waals surface area contributed by atoms with E-state index in [0.717, 1.165) is 0 Å². The van der Waals surface area contributed by atoms with Crippen LogP contribution in [0.1, 0.15) is 0 Å². The van der Waals surface area contributed by atoms with Crippen molar-refractivity contribution in [1.29, 1.82) is 0 Å². The van der Waals surface area contributed by atoms with Crippen LogP contribution in [0.25, 0.3) is 0 Å². The highest BCUT2D eigenvalue weighted by atomic mass is 16.5. The average molecular weight is 213 g/mol. The monoisotopic (exact) mass is 213 g/mol. The van der Waals surface area contributed by atoms with Crippen LogP contribution in [-0.4, -0.2) is 57.7 Å². The summed E-state index contributed by atoms with van der Waals surface area (Å²) in [5.41, 5.74) is 0. The fourth-order valence-electron chi connectivity index (χ4n) is 0.858. The van der Waals surface area contributed by atoms with E-state index < -0.39 is 5.97 Å². The highest BCUT2D eigenvalue weighted by Crippen LogP contribution is 1.89. The van der Waals surface area contributed by atoms with Gasteiger partial charge in [-0.3, -0.25) is 9.59 Å². The van der Waals surface area contributed by atoms with E-state index in [1.54, 1.807) is 0 Å². The largest absolute Gasteiger partial charge is 0.468 e. The summed E-state index contributed by atoms with van der Waals surface area (Å²) in [5, 5.41) is 10.3. The zero-order valence-corrected chi connectivity index (χ0v) is 8.45. The van der Waals surface area contributed by atoms with Gasteiger partial charge >= 0.3 is 5.97 Å². The quantitative estimate of drug-likeness (QED) is 0.554. The van der Waals surface area contributed by atoms with Crippen LogP contribution in [0.5, 0.6) is 0 Å². The first-order chi connectivity index (χ1) is 7.13. The standard InChI is InChI=1S/C7H11N5O3/c1-11(4-7(14)15-2)6(13)3-12-5-8-9-10-12/h5H,3-4H2,1-2H3. The van der Waals surface area contributed by atoms with Crippen molar-refractivity contribution in [3.8, 4) is 0 Å². The Morgan fingerprint density at radius 2 is 2.27 bits per heavy atom. The minimum atomic E-state index is -0.470. The summed E-state index contributed by atoms with van der Waals surface area (Å²) >= 11 is 0. The van der Waals surface area contributed by atoms with Gasteiger partial charge in [-0.15, -0.1) is 5.10 Å². The molecule has 15 heavy (non-hydrogen) atoms. The smallest absolute Gasteiger partial charge is 0.325 e. The summed E-state index contributed by atoms with van der Waals surface area (Å²) in [6.45, 7) is -0.0854. The molecule has 82 valence electrons. The van der Waals surface area contributed by atoms with Crippen LogP contribution < -0.4 is 0 Å². The van der Waals surface area contributed by atoms with Gasteiger partial charge in [0.1, 0.15) is 19.4 Å². The third-order valence-corrected chi connectivity index (χ3v) is 1.71. The Bertz CT molecular complexity index is 336. The van der Waals surface area contributed by atoms with Crippen molar-refractivity contribution in [3.63, 3.8) is 0 Å². The fourth-order valence-corrected chi connectivity index (χ4v) is 0.858. The molecule has 0 aromatic carbocycles. The molecule has 1 aromatic heterocycles. The van der Waals surface area contributed by atoms with Gasteiger partial charge in [0.05, 0.1) is 7.11 Å². The van der Waals surface area contributed by atoms with Gasteiger partial charge in [-0.05, 0) is 10.4 Å². The highest BCUT2D eigenvalue weighted by molar-refractivity contribution is 5.81. The van der Waals surface area contributed by atoms with Crippen LogP contribution in [0.2, 0.25) is 0 Å². The van der Waals surface area contributed by atoms with Gasteiger partial charge in [-0.2, -0.15) is 0 Å². The topological polar surface area (TPSA) is 90.2 Å². The Balaban J connectivity index is 2.43. The van der Waals surface area contributed by atoms with Gasteiger partial charge in [-0.1, -0.05) is 0 Å². The minimum Gasteiger partial charge on any atom is -0.468 e. The lowest BCUT2D eigenvalue weighted by molar-refractivity contribution is -0.146. The molecule has 1 rings (SSSR count). The van der Waals surface area contributed by atoms with Gasteiger partial charge in [0.2, 0.25) is 5.91 Å². The Morgan fingerprint density at radius 1 is 1.53 bits per heavy atom. The third kappa shape index (κ3) is 3.33. The van der Waals surface area contributed by atoms with Gasteiger partial charge in [0.15, 0.2) is 0 Å². The van der Waals surface area contributed by atoms with Gasteiger partial charge in [0.25, 0.3) is 0 Å². The number of hydrogen-bond donors (Lipinski definition) is 0. The van der Waals surface area contributed by atoms with Crippen molar-refractivity contribution in [2.24, 2.45) is 0 Å². The highest BCUT2D eigenvalue weighted by Gasteiger charge is 2.13. The number of hydrogen-bond acceptors (Lipinski definition) is 6. The zero-order valence-electron chi connectivity index (χ0n) is 8.45. The lowest BCUT2D eigenvalue weighted by Crippen LogP contribution is -2.35. The third-order valence-electron chi connectivity index (χ3n) is 1.71. The van der Waals surface area contributed by atoms with E-state index in [0.29, 0.717) is 0 Å². The Hall–Kier alpha value is -1.99. The van der Waals surface area contributed by atoms with Crippen LogP contribution in [-0.2, 0) is 20.9 Å². The lowest BCUT2D eigenvalue weighted by Gasteiger charge is -2.14. The molecule has 0 aliphatic heterocycles. The lowest BCUT2D eigenvalue weighted by atomic mass is 10.5. The predicted molar refractivity (Wildman–Crippen MR) is 47.5 cm³/mol. The number of amides is 1. The first-order valence-electron chi connectivity index (χ1n) is 4.15. The summed E-state index contributed by atoms with van der Waals surface area (Å²) in [4.78, 5) is 23.6. The molecule has 0 fully saturated rings. The van der Waals surface area contributed by atoms with E-state index >= 15 is 0 Å². The molecule has 1 amide bonds. The summed E-state index contributed by atoms with van der Waals surface area (Å²) in [7, 11) is 2.77. The van der Waals surface area contributed by atoms with E-state index in [1.165, 1.54) is 30.1 Å². The Labute approximate surface area is 85.8 Å². The fraction of sp³-hybridized carbons (Fsp3) is 0.571. The number of aromatic nitrogens is 4. The number of tetrazole rings is 1. The number of carbonyl (C=O) groups excluding carboxylic acids is 2. The number of methoxy groups -OCH3 is 1. The molecule has 1 heterocycles. The van der Waals surface area contributed by atoms with E-state index in [-0.39, 0.29) is 19.0 Å². The SMILES string of the molecule is COC(=O)CN(C)C(=O)Cn1cnnn1. The first kappa shape index (κ1) is 11.1. The van der Waals surface area contributed by atoms with Crippen LogP contribution in [0, 0.1) is 0 Å². The number of ether oxygens (including phenoxy) is 1. The summed E-state index contributed by atoms with van der Waals surface area (Å²) in [6.07, 6.45) is 1.32. The molecule has 0 saturated heterocycles. The molecule has 0 unspecified atom stereocenters. The van der Waals surface area contributed by atoms with Crippen molar-refractivity contribution in [2.45, 2.75) is 6.54 Å². The van der Waals surface area contributed by atoms with Crippen molar-refractivity contribution >= 4 is 11.9 Å². The molecular weight excluding hydrogens is 202 g/mol. The summed E-state index contributed by atoms with van der Waals surface area (Å²) in [5.74, 6) is -0.740. The second kappa shape index (κ2) is 5.03. The molecule has 0 saturated carbocycles. The second-order valence-electron chi connectivity index (χ2n) is 2.83. The van der Waals surface area contributed by atoms with Crippen LogP contribution >= 0.6 is 0 Å². The van der Waals surface area contributed by atoms with Gasteiger partial charge in [0, 0.05) is 7.05 Å². The van der Waals surface area contributed by atoms with Crippen LogP contribution in [0.15, 0.2) is 6.33 Å². The summed E-state index contributed by atoms with van der Waals surface area (Å²) < 4.78 is 5.70. The molecule has 0 aliphatic carbocycles. The molecule has 0 spiro atoms. The van der Waals surface area contributed by atoms with Crippen molar-refractivity contribution in [1.82, 2.24) is 25.1 Å². The van der Waals surface area contributed by atoms with Crippen molar-refractivity contribution in [2.75, 3.05) is 20.7 Å². The molecular formula is C7H11N5O3. The predicted octanol–water partition coefficient (Wildman–Crippen LogP) is -1.70. The zero-order chi connectivity index (χ0) is 11.3. The maximum absolute atomic E-state index is 11.5. The average Bonchev–Trinajstić information content (AvgIpc) is 2.70. The molecule has 0 atom stereocenters. The summed E-state index contributed by atoms with van der Waals surface area (Å²) in [6, 6.07) is 0. The van der Waals surface area contributed by atoms with E-state index in [2.05, 4.69) is 20.3 Å². The maximum atomic E-state index is 11.5. The molecule has 0 bridgehead atoms. The maximum Gasteiger partial charge on any atom is 0.325 e. The molecule has 8 nitrogen and oxygen atoms in total. The second-order valence-corrected chi connectivity index (χ2v) is 2.83. The number of esters is 1. The van der Waals surface area contributed by atoms with Crippen LogP contribution in [0.4, 0.5) is 0 Å². The number of rotatable bonds is 4. The molecule has 0 aliphatic rings. The van der Waals surface area contributed by atoms with E-state index in [1.807, 2.05) is 0 Å². The molecule has 0 N–H and O–H groups in total. The first-order valence-corrected chi connectivity index (χ1v) is 4.15. The normalized spacial score (nSPS) is 9.73. The Morgan fingerprint density at radius 3 is 2.80 bits per heavy atom. The van der Waals surface area contributed by atoms with Gasteiger partial charge < -0.3 is 9.64 Å². The molecule has 8 heteroatoms. The number of carbonyl (C=O) groups is 2. The van der Waals surface area contributed by atoms with E-state index in [4.69, 9.17) is 0 Å². The number of nitrogens with zero attached hydrogens (tertiary/aromatic N) is 5. The Kier molecular flexibility index (Phi) is 3.72. The van der Waals surface area contributed by atoms with Crippen LogP contribution in [0.3, 0.4) is 0 Å². The van der Waals surface area contributed by atoms with E-state index in [9.17, 15) is 9.59 Å². The molecule has 0 radical (unpaired) electrons. The minimum absolute atomic E-state index is 0.000490. The number of likely N-dealkylation sites (N-methyl/N-ethyl adjacent to an activating group) is 1. The van der Waals surface area contributed by atoms with Gasteiger partial charge in [-0.25, -0.2) is 4.68 Å².